The van der Waals surface area contributed by atoms with Crippen LogP contribution in [0.3, 0.4) is 0 Å². The van der Waals surface area contributed by atoms with Gasteiger partial charge in [0.05, 0.1) is 0 Å². The fourth-order valence-corrected chi connectivity index (χ4v) is 3.41. The maximum Gasteiger partial charge on any atom is 0.264 e. The van der Waals surface area contributed by atoms with Crippen LogP contribution in [0.2, 0.25) is 0 Å². The Kier molecular flexibility index (Phi) is 5.06. The van der Waals surface area contributed by atoms with Gasteiger partial charge in [0.25, 0.3) is 5.91 Å². The Bertz CT molecular complexity index is 590. The van der Waals surface area contributed by atoms with Crippen molar-refractivity contribution in [3.8, 4) is 5.75 Å². The van der Waals surface area contributed by atoms with Gasteiger partial charge in [-0.1, -0.05) is 31.4 Å². The van der Waals surface area contributed by atoms with Gasteiger partial charge in [-0.15, -0.1) is 11.3 Å². The molecule has 5 heteroatoms. The molecule has 1 heterocycles. The third-order valence-electron chi connectivity index (χ3n) is 4.01. The second-order valence-electron chi connectivity index (χ2n) is 5.58. The minimum atomic E-state index is -0.189. The molecule has 2 aromatic rings. The number of rotatable bonds is 5. The molecule has 1 aromatic carbocycles. The van der Waals surface area contributed by atoms with Crippen molar-refractivity contribution in [2.45, 2.75) is 38.0 Å². The van der Waals surface area contributed by atoms with E-state index in [0.717, 1.165) is 5.75 Å². The molecule has 0 atom stereocenters. The van der Waals surface area contributed by atoms with E-state index in [4.69, 9.17) is 4.74 Å². The van der Waals surface area contributed by atoms with Crippen LogP contribution in [0.4, 0.5) is 5.13 Å². The van der Waals surface area contributed by atoms with Crippen LogP contribution < -0.4 is 10.1 Å². The van der Waals surface area contributed by atoms with E-state index < -0.39 is 0 Å². The Morgan fingerprint density at radius 1 is 1.23 bits per heavy atom. The number of aromatic nitrogens is 1. The number of hydrogen-bond acceptors (Lipinski definition) is 4. The van der Waals surface area contributed by atoms with Gasteiger partial charge < -0.3 is 4.74 Å². The first kappa shape index (κ1) is 15.0. The molecule has 1 aliphatic carbocycles. The summed E-state index contributed by atoms with van der Waals surface area (Å²) in [6.45, 7) is 0.00234. The highest BCUT2D eigenvalue weighted by atomic mass is 32.1. The van der Waals surface area contributed by atoms with E-state index in [-0.39, 0.29) is 12.5 Å². The molecule has 0 unspecified atom stereocenters. The summed E-state index contributed by atoms with van der Waals surface area (Å²) in [5.74, 6) is 1.23. The van der Waals surface area contributed by atoms with Crippen LogP contribution in [-0.2, 0) is 4.79 Å². The predicted molar refractivity (Wildman–Crippen MR) is 88.5 cm³/mol. The number of nitrogens with one attached hydrogen (secondary N) is 1. The van der Waals surface area contributed by atoms with Crippen molar-refractivity contribution in [2.75, 3.05) is 11.9 Å². The fraction of sp³-hybridized carbons (Fsp3) is 0.412. The molecule has 4 nitrogen and oxygen atoms in total. The molecule has 1 N–H and O–H groups in total. The van der Waals surface area contributed by atoms with Crippen molar-refractivity contribution in [1.29, 1.82) is 0 Å². The summed E-state index contributed by atoms with van der Waals surface area (Å²) in [6.07, 6.45) is 8.27. The minimum Gasteiger partial charge on any atom is -0.484 e. The summed E-state index contributed by atoms with van der Waals surface area (Å²) in [4.78, 5) is 15.7. The van der Waals surface area contributed by atoms with Gasteiger partial charge >= 0.3 is 0 Å². The Morgan fingerprint density at radius 3 is 2.68 bits per heavy atom. The quantitative estimate of drug-likeness (QED) is 0.899. The molecule has 0 aliphatic heterocycles. The molecule has 1 aliphatic rings. The van der Waals surface area contributed by atoms with Gasteiger partial charge in [-0.2, -0.15) is 0 Å². The van der Waals surface area contributed by atoms with E-state index in [1.807, 2.05) is 17.5 Å². The van der Waals surface area contributed by atoms with Gasteiger partial charge in [0.1, 0.15) is 5.75 Å². The van der Waals surface area contributed by atoms with Gasteiger partial charge in [0.15, 0.2) is 11.7 Å². The predicted octanol–water partition coefficient (Wildman–Crippen LogP) is 4.21. The molecule has 0 spiro atoms. The van der Waals surface area contributed by atoms with Crippen molar-refractivity contribution >= 4 is 22.4 Å². The maximum atomic E-state index is 11.7. The molecule has 0 saturated heterocycles. The summed E-state index contributed by atoms with van der Waals surface area (Å²) in [7, 11) is 0. The van der Waals surface area contributed by atoms with E-state index in [9.17, 15) is 4.79 Å². The molecular formula is C17H20N2O2S. The lowest BCUT2D eigenvalue weighted by molar-refractivity contribution is -0.118. The lowest BCUT2D eigenvalue weighted by Gasteiger charge is -2.22. The average Bonchev–Trinajstić information content (AvgIpc) is 3.07. The summed E-state index contributed by atoms with van der Waals surface area (Å²) >= 11 is 1.39. The molecule has 3 rings (SSSR count). The summed E-state index contributed by atoms with van der Waals surface area (Å²) < 4.78 is 5.52. The van der Waals surface area contributed by atoms with Gasteiger partial charge in [-0.05, 0) is 36.5 Å². The maximum absolute atomic E-state index is 11.7. The molecule has 22 heavy (non-hydrogen) atoms. The van der Waals surface area contributed by atoms with Gasteiger partial charge in [0.2, 0.25) is 0 Å². The van der Waals surface area contributed by atoms with Crippen LogP contribution in [0.5, 0.6) is 5.75 Å². The molecule has 0 bridgehead atoms. The van der Waals surface area contributed by atoms with Crippen LogP contribution in [0, 0.1) is 0 Å². The van der Waals surface area contributed by atoms with Gasteiger partial charge in [-0.25, -0.2) is 4.98 Å². The molecule has 1 amide bonds. The number of carbonyl (C=O) groups is 1. The highest BCUT2D eigenvalue weighted by Crippen LogP contribution is 2.33. The molecule has 1 aromatic heterocycles. The van der Waals surface area contributed by atoms with Crippen LogP contribution in [0.25, 0.3) is 0 Å². The van der Waals surface area contributed by atoms with Crippen molar-refractivity contribution in [3.63, 3.8) is 0 Å². The Morgan fingerprint density at radius 2 is 2.00 bits per heavy atom. The van der Waals surface area contributed by atoms with Crippen LogP contribution in [0.15, 0.2) is 35.8 Å². The zero-order valence-corrected chi connectivity index (χ0v) is 13.3. The van der Waals surface area contributed by atoms with E-state index in [0.29, 0.717) is 11.0 Å². The first-order valence-corrected chi connectivity index (χ1v) is 8.61. The van der Waals surface area contributed by atoms with Crippen molar-refractivity contribution < 1.29 is 9.53 Å². The number of benzene rings is 1. The minimum absolute atomic E-state index is 0.00234. The van der Waals surface area contributed by atoms with Crippen LogP contribution in [-0.4, -0.2) is 17.5 Å². The zero-order valence-electron chi connectivity index (χ0n) is 12.5. The van der Waals surface area contributed by atoms with E-state index in [1.54, 1.807) is 6.20 Å². The lowest BCUT2D eigenvalue weighted by Crippen LogP contribution is -2.20. The fourth-order valence-electron chi connectivity index (χ4n) is 2.86. The van der Waals surface area contributed by atoms with Crippen molar-refractivity contribution in [3.05, 3.63) is 41.4 Å². The highest BCUT2D eigenvalue weighted by molar-refractivity contribution is 7.13. The Balaban J connectivity index is 1.49. The van der Waals surface area contributed by atoms with E-state index in [2.05, 4.69) is 22.4 Å². The number of hydrogen-bond donors (Lipinski definition) is 1. The number of thiazole rings is 1. The van der Waals surface area contributed by atoms with Gasteiger partial charge in [0, 0.05) is 11.6 Å². The zero-order chi connectivity index (χ0) is 15.2. The molecule has 1 saturated carbocycles. The third-order valence-corrected chi connectivity index (χ3v) is 4.69. The third kappa shape index (κ3) is 4.07. The Labute approximate surface area is 134 Å². The molecule has 0 radical (unpaired) electrons. The topological polar surface area (TPSA) is 51.2 Å². The highest BCUT2D eigenvalue weighted by Gasteiger charge is 2.15. The average molecular weight is 316 g/mol. The summed E-state index contributed by atoms with van der Waals surface area (Å²) in [6, 6.07) is 8.18. The van der Waals surface area contributed by atoms with Crippen LogP contribution >= 0.6 is 11.3 Å². The van der Waals surface area contributed by atoms with Crippen molar-refractivity contribution in [1.82, 2.24) is 4.98 Å². The van der Waals surface area contributed by atoms with Gasteiger partial charge in [-0.3, -0.25) is 10.1 Å². The number of ether oxygens (including phenoxy) is 1. The second-order valence-corrected chi connectivity index (χ2v) is 6.47. The SMILES string of the molecule is O=C(COc1ccc(C2CCCCC2)cc1)Nc1nccs1. The monoisotopic (exact) mass is 316 g/mol. The van der Waals surface area contributed by atoms with Crippen LogP contribution in [0.1, 0.15) is 43.6 Å². The number of anilines is 1. The van der Waals surface area contributed by atoms with E-state index >= 15 is 0 Å². The van der Waals surface area contributed by atoms with E-state index in [1.165, 1.54) is 49.0 Å². The summed E-state index contributed by atoms with van der Waals surface area (Å²) in [5.41, 5.74) is 1.39. The summed E-state index contributed by atoms with van der Waals surface area (Å²) in [5, 5.41) is 5.12. The largest absolute Gasteiger partial charge is 0.484 e. The number of carbonyl (C=O) groups excluding carboxylic acids is 1. The first-order chi connectivity index (χ1) is 10.8. The normalized spacial score (nSPS) is 15.5. The number of nitrogens with zero attached hydrogens (tertiary/aromatic N) is 1. The standard InChI is InChI=1S/C17H20N2O2S/c20-16(19-17-18-10-11-22-17)12-21-15-8-6-14(7-9-15)13-4-2-1-3-5-13/h6-11,13H,1-5,12H2,(H,18,19,20). The lowest BCUT2D eigenvalue weighted by atomic mass is 9.84. The second kappa shape index (κ2) is 7.40. The molecule has 1 fully saturated rings. The molecular weight excluding hydrogens is 296 g/mol. The smallest absolute Gasteiger partial charge is 0.264 e. The Hall–Kier alpha value is -1.88. The van der Waals surface area contributed by atoms with Crippen molar-refractivity contribution in [2.24, 2.45) is 0 Å². The molecule has 116 valence electrons. The number of amides is 1. The first-order valence-electron chi connectivity index (χ1n) is 7.73.